The van der Waals surface area contributed by atoms with E-state index in [-0.39, 0.29) is 23.2 Å². The highest BCUT2D eigenvalue weighted by Gasteiger charge is 2.27. The molecule has 4 N–H and O–H groups in total. The van der Waals surface area contributed by atoms with E-state index in [0.29, 0.717) is 28.8 Å². The molecule has 2 heterocycles. The van der Waals surface area contributed by atoms with Crippen LogP contribution in [-0.4, -0.2) is 33.0 Å². The molecule has 2 aromatic carbocycles. The van der Waals surface area contributed by atoms with Gasteiger partial charge in [0.1, 0.15) is 11.3 Å². The molecule has 0 saturated heterocycles. The molecule has 2 aromatic heterocycles. The minimum atomic E-state index is -0.270. The highest BCUT2D eigenvalue weighted by Crippen LogP contribution is 2.37. The van der Waals surface area contributed by atoms with Crippen molar-refractivity contribution in [1.29, 1.82) is 0 Å². The van der Waals surface area contributed by atoms with E-state index >= 15 is 0 Å². The quantitative estimate of drug-likeness (QED) is 0.407. The Morgan fingerprint density at radius 3 is 2.65 bits per heavy atom. The summed E-state index contributed by atoms with van der Waals surface area (Å²) in [5.41, 5.74) is 9.39. The summed E-state index contributed by atoms with van der Waals surface area (Å²) in [6.45, 7) is 0.355. The van der Waals surface area contributed by atoms with E-state index in [1.54, 1.807) is 22.9 Å². The minimum absolute atomic E-state index is 0.209. The summed E-state index contributed by atoms with van der Waals surface area (Å²) >= 11 is 0. The zero-order chi connectivity index (χ0) is 23.7. The second kappa shape index (κ2) is 9.01. The van der Waals surface area contributed by atoms with Crippen LogP contribution in [0.1, 0.15) is 53.2 Å². The summed E-state index contributed by atoms with van der Waals surface area (Å²) in [6.07, 6.45) is 4.29. The van der Waals surface area contributed by atoms with Gasteiger partial charge >= 0.3 is 0 Å². The number of nitrogens with zero attached hydrogens (tertiary/aromatic N) is 3. The number of ether oxygens (including phenoxy) is 1. The second-order valence-electron chi connectivity index (χ2n) is 8.49. The van der Waals surface area contributed by atoms with Crippen LogP contribution in [0.4, 0.5) is 5.82 Å². The smallest absolute Gasteiger partial charge is 0.275 e. The van der Waals surface area contributed by atoms with Crippen molar-refractivity contribution >= 4 is 22.6 Å². The topological polar surface area (TPSA) is 128 Å². The number of nitrogen functional groups attached to an aromatic ring is 1. The highest BCUT2D eigenvalue weighted by molar-refractivity contribution is 5.96. The largest absolute Gasteiger partial charge is 0.496 e. The maximum atomic E-state index is 12.6. The van der Waals surface area contributed by atoms with Crippen LogP contribution in [0.25, 0.3) is 16.6 Å². The number of aromatic amines is 1. The van der Waals surface area contributed by atoms with Gasteiger partial charge in [-0.3, -0.25) is 9.59 Å². The molecular weight excluding hydrogens is 432 g/mol. The molecule has 0 unspecified atom stereocenters. The van der Waals surface area contributed by atoms with Gasteiger partial charge in [0.05, 0.1) is 29.4 Å². The standard InChI is InChI=1S/C25H26N6O3/c1-34-19-9-5-4-8-18(19)24(32)27-14-15-10-12-17(13-11-15)31-22-20(25(33)29-28-23(22)26)21(30-31)16-6-2-3-7-16/h4-5,8-13,16H,2-3,6-7,14H2,1H3,(H2,26,28)(H,27,32)(H,29,33). The summed E-state index contributed by atoms with van der Waals surface area (Å²) in [4.78, 5) is 25.2. The number of rotatable bonds is 6. The normalized spacial score (nSPS) is 13.9. The molecule has 174 valence electrons. The maximum Gasteiger partial charge on any atom is 0.275 e. The van der Waals surface area contributed by atoms with Crippen molar-refractivity contribution in [2.45, 2.75) is 38.1 Å². The van der Waals surface area contributed by atoms with Crippen LogP contribution in [0.2, 0.25) is 0 Å². The van der Waals surface area contributed by atoms with E-state index in [9.17, 15) is 9.59 Å². The average molecular weight is 459 g/mol. The Kier molecular flexibility index (Phi) is 5.75. The lowest BCUT2D eigenvalue weighted by Gasteiger charge is -2.10. The van der Waals surface area contributed by atoms with Gasteiger partial charge in [0.25, 0.3) is 11.5 Å². The summed E-state index contributed by atoms with van der Waals surface area (Å²) in [5.74, 6) is 0.801. The maximum absolute atomic E-state index is 12.6. The number of hydrogen-bond donors (Lipinski definition) is 3. The van der Waals surface area contributed by atoms with Gasteiger partial charge in [0, 0.05) is 12.5 Å². The number of carbonyl (C=O) groups is 1. The third kappa shape index (κ3) is 3.89. The Bertz CT molecular complexity index is 1400. The molecule has 0 radical (unpaired) electrons. The molecule has 0 spiro atoms. The number of carbonyl (C=O) groups excluding carboxylic acids is 1. The van der Waals surface area contributed by atoms with E-state index in [0.717, 1.165) is 42.6 Å². The number of anilines is 1. The van der Waals surface area contributed by atoms with Crippen molar-refractivity contribution in [2.75, 3.05) is 12.8 Å². The van der Waals surface area contributed by atoms with Crippen LogP contribution in [0.3, 0.4) is 0 Å². The van der Waals surface area contributed by atoms with Crippen molar-refractivity contribution in [2.24, 2.45) is 0 Å². The number of hydrogen-bond acceptors (Lipinski definition) is 6. The summed E-state index contributed by atoms with van der Waals surface area (Å²) in [5, 5.41) is 14.7. The van der Waals surface area contributed by atoms with Crippen LogP contribution < -0.4 is 21.3 Å². The van der Waals surface area contributed by atoms with E-state index < -0.39 is 0 Å². The molecule has 1 aliphatic rings. The number of nitrogens with one attached hydrogen (secondary N) is 2. The fraction of sp³-hybridized carbons (Fsp3) is 0.280. The fourth-order valence-electron chi connectivity index (χ4n) is 4.65. The molecule has 0 bridgehead atoms. The van der Waals surface area contributed by atoms with Gasteiger partial charge in [-0.05, 0) is 42.7 Å². The predicted molar refractivity (Wildman–Crippen MR) is 129 cm³/mol. The first-order chi connectivity index (χ1) is 16.6. The first kappa shape index (κ1) is 21.7. The number of para-hydroxylation sites is 1. The fourth-order valence-corrected chi connectivity index (χ4v) is 4.65. The highest BCUT2D eigenvalue weighted by atomic mass is 16.5. The van der Waals surface area contributed by atoms with E-state index in [1.807, 2.05) is 30.3 Å². The zero-order valence-corrected chi connectivity index (χ0v) is 18.9. The lowest BCUT2D eigenvalue weighted by molar-refractivity contribution is 0.0948. The third-order valence-corrected chi connectivity index (χ3v) is 6.39. The Morgan fingerprint density at radius 2 is 1.91 bits per heavy atom. The van der Waals surface area contributed by atoms with E-state index in [4.69, 9.17) is 15.6 Å². The number of methoxy groups -OCH3 is 1. The summed E-state index contributed by atoms with van der Waals surface area (Å²) < 4.78 is 6.97. The Hall–Kier alpha value is -4.14. The molecule has 1 saturated carbocycles. The molecule has 34 heavy (non-hydrogen) atoms. The first-order valence-corrected chi connectivity index (χ1v) is 11.3. The number of amides is 1. The number of fused-ring (bicyclic) bond motifs is 1. The SMILES string of the molecule is COc1ccccc1C(=O)NCc1ccc(-n2nc(C3CCCC3)c3c(=O)[nH]nc(N)c32)cc1. The van der Waals surface area contributed by atoms with Crippen LogP contribution in [0, 0.1) is 0 Å². The number of aromatic nitrogens is 4. The Balaban J connectivity index is 1.41. The van der Waals surface area contributed by atoms with Crippen molar-refractivity contribution < 1.29 is 9.53 Å². The molecule has 1 amide bonds. The second-order valence-corrected chi connectivity index (χ2v) is 8.49. The lowest BCUT2D eigenvalue weighted by Crippen LogP contribution is -2.23. The third-order valence-electron chi connectivity index (χ3n) is 6.39. The molecule has 0 aliphatic heterocycles. The van der Waals surface area contributed by atoms with Crippen LogP contribution >= 0.6 is 0 Å². The van der Waals surface area contributed by atoms with Gasteiger partial charge in [-0.1, -0.05) is 37.1 Å². The zero-order valence-electron chi connectivity index (χ0n) is 18.9. The predicted octanol–water partition coefficient (Wildman–Crippen LogP) is 3.29. The van der Waals surface area contributed by atoms with Crippen LogP contribution in [0.15, 0.2) is 53.3 Å². The monoisotopic (exact) mass is 458 g/mol. The number of H-pyrrole nitrogens is 1. The van der Waals surface area contributed by atoms with Gasteiger partial charge in [0.15, 0.2) is 5.82 Å². The Morgan fingerprint density at radius 1 is 1.18 bits per heavy atom. The minimum Gasteiger partial charge on any atom is -0.496 e. The van der Waals surface area contributed by atoms with Gasteiger partial charge in [0.2, 0.25) is 0 Å². The molecule has 5 rings (SSSR count). The van der Waals surface area contributed by atoms with Gasteiger partial charge in [-0.2, -0.15) is 10.2 Å². The summed E-state index contributed by atoms with van der Waals surface area (Å²) in [7, 11) is 1.54. The molecule has 0 atom stereocenters. The molecule has 4 aromatic rings. The first-order valence-electron chi connectivity index (χ1n) is 11.3. The van der Waals surface area contributed by atoms with Crippen LogP contribution in [0.5, 0.6) is 5.75 Å². The van der Waals surface area contributed by atoms with E-state index in [1.165, 1.54) is 7.11 Å². The van der Waals surface area contributed by atoms with Crippen LogP contribution in [-0.2, 0) is 6.54 Å². The molecule has 1 fully saturated rings. The van der Waals surface area contributed by atoms with Crippen molar-refractivity contribution in [3.63, 3.8) is 0 Å². The Labute approximate surface area is 195 Å². The number of nitrogens with two attached hydrogens (primary N) is 1. The molecule has 9 nitrogen and oxygen atoms in total. The van der Waals surface area contributed by atoms with Crippen molar-refractivity contribution in [3.8, 4) is 11.4 Å². The molecule has 1 aliphatic carbocycles. The summed E-state index contributed by atoms with van der Waals surface area (Å²) in [6, 6.07) is 14.7. The van der Waals surface area contributed by atoms with E-state index in [2.05, 4.69) is 15.5 Å². The average Bonchev–Trinajstić information content (AvgIpc) is 3.54. The lowest BCUT2D eigenvalue weighted by atomic mass is 10.0. The van der Waals surface area contributed by atoms with Crippen molar-refractivity contribution in [3.05, 3.63) is 75.7 Å². The van der Waals surface area contributed by atoms with Gasteiger partial charge in [-0.15, -0.1) is 0 Å². The molecule has 9 heteroatoms. The van der Waals surface area contributed by atoms with Gasteiger partial charge in [-0.25, -0.2) is 9.78 Å². The molecular formula is C25H26N6O3. The van der Waals surface area contributed by atoms with Gasteiger partial charge < -0.3 is 15.8 Å². The van der Waals surface area contributed by atoms with Crippen molar-refractivity contribution in [1.82, 2.24) is 25.3 Å². The number of benzene rings is 2.